The van der Waals surface area contributed by atoms with E-state index in [1.165, 1.54) is 0 Å². The minimum Gasteiger partial charge on any atom is -0.368 e. The topological polar surface area (TPSA) is 42.4 Å². The van der Waals surface area contributed by atoms with E-state index in [1.54, 1.807) is 17.5 Å². The van der Waals surface area contributed by atoms with Gasteiger partial charge in [-0.1, -0.05) is 30.3 Å². The normalized spacial score (nSPS) is 19.0. The summed E-state index contributed by atoms with van der Waals surface area (Å²) in [5, 5.41) is 2.89. The van der Waals surface area contributed by atoms with Gasteiger partial charge < -0.3 is 9.64 Å². The van der Waals surface area contributed by atoms with Crippen molar-refractivity contribution in [2.45, 2.75) is 38.5 Å². The second kappa shape index (κ2) is 7.03. The smallest absolute Gasteiger partial charge is 0.252 e. The minimum absolute atomic E-state index is 0.00167. The highest BCUT2D eigenvalue weighted by atomic mass is 32.1. The van der Waals surface area contributed by atoms with E-state index < -0.39 is 0 Å². The second-order valence-corrected chi connectivity index (χ2v) is 6.46. The summed E-state index contributed by atoms with van der Waals surface area (Å²) in [6.45, 7) is 3.28. The maximum Gasteiger partial charge on any atom is 0.252 e. The standard InChI is InChI=1S/C17H20N2O2S/c1-13(14-6-3-2-4-7-14)19(12-16-18-9-11-22-16)17(20)15-8-5-10-21-15/h2-4,6-7,9,11,13,15H,5,8,10,12H2,1H3/t13-,15-/m1/s1. The van der Waals surface area contributed by atoms with Crippen molar-refractivity contribution in [2.24, 2.45) is 0 Å². The number of nitrogens with zero attached hydrogens (tertiary/aromatic N) is 2. The zero-order chi connectivity index (χ0) is 15.4. The van der Waals surface area contributed by atoms with E-state index >= 15 is 0 Å². The van der Waals surface area contributed by atoms with Crippen molar-refractivity contribution >= 4 is 17.2 Å². The molecule has 4 nitrogen and oxygen atoms in total. The first-order chi connectivity index (χ1) is 10.8. The van der Waals surface area contributed by atoms with E-state index in [1.807, 2.05) is 28.5 Å². The van der Waals surface area contributed by atoms with Crippen LogP contribution in [0.25, 0.3) is 0 Å². The summed E-state index contributed by atoms with van der Waals surface area (Å²) in [4.78, 5) is 19.1. The van der Waals surface area contributed by atoms with Crippen LogP contribution >= 0.6 is 11.3 Å². The monoisotopic (exact) mass is 316 g/mol. The van der Waals surface area contributed by atoms with Gasteiger partial charge in [-0.3, -0.25) is 4.79 Å². The van der Waals surface area contributed by atoms with Crippen LogP contribution in [0.1, 0.15) is 36.4 Å². The van der Waals surface area contributed by atoms with Crippen LogP contribution in [-0.4, -0.2) is 28.5 Å². The number of carbonyl (C=O) groups is 1. The first-order valence-electron chi connectivity index (χ1n) is 7.61. The third-order valence-electron chi connectivity index (χ3n) is 4.03. The van der Waals surface area contributed by atoms with Gasteiger partial charge in [0.15, 0.2) is 0 Å². The number of carbonyl (C=O) groups excluding carboxylic acids is 1. The number of rotatable bonds is 5. The molecule has 1 fully saturated rings. The van der Waals surface area contributed by atoms with E-state index in [9.17, 15) is 4.79 Å². The van der Waals surface area contributed by atoms with E-state index in [0.29, 0.717) is 13.2 Å². The third-order valence-corrected chi connectivity index (χ3v) is 4.79. The molecule has 1 amide bonds. The van der Waals surface area contributed by atoms with Gasteiger partial charge in [-0.2, -0.15) is 0 Å². The number of benzene rings is 1. The molecule has 0 bridgehead atoms. The summed E-state index contributed by atoms with van der Waals surface area (Å²) in [5.74, 6) is 0.0732. The van der Waals surface area contributed by atoms with Gasteiger partial charge in [-0.15, -0.1) is 11.3 Å². The van der Waals surface area contributed by atoms with Gasteiger partial charge in [-0.05, 0) is 25.3 Å². The lowest BCUT2D eigenvalue weighted by atomic mass is 10.1. The Labute approximate surface area is 134 Å². The fraction of sp³-hybridized carbons (Fsp3) is 0.412. The Morgan fingerprint density at radius 3 is 2.91 bits per heavy atom. The molecule has 116 valence electrons. The number of amides is 1. The van der Waals surface area contributed by atoms with Crippen LogP contribution in [0.5, 0.6) is 0 Å². The van der Waals surface area contributed by atoms with Gasteiger partial charge in [0.1, 0.15) is 11.1 Å². The van der Waals surface area contributed by atoms with Gasteiger partial charge in [0.05, 0.1) is 12.6 Å². The first-order valence-corrected chi connectivity index (χ1v) is 8.49. The summed E-state index contributed by atoms with van der Waals surface area (Å²) in [6.07, 6.45) is 3.25. The number of aromatic nitrogens is 1. The molecule has 0 N–H and O–H groups in total. The minimum atomic E-state index is -0.300. The number of ether oxygens (including phenoxy) is 1. The molecular formula is C17H20N2O2S. The van der Waals surface area contributed by atoms with Crippen molar-refractivity contribution in [3.8, 4) is 0 Å². The van der Waals surface area contributed by atoms with Crippen molar-refractivity contribution < 1.29 is 9.53 Å². The summed E-state index contributed by atoms with van der Waals surface area (Å²) in [5.41, 5.74) is 1.13. The zero-order valence-electron chi connectivity index (χ0n) is 12.6. The maximum atomic E-state index is 12.9. The molecular weight excluding hydrogens is 296 g/mol. The molecule has 1 aromatic heterocycles. The fourth-order valence-corrected chi connectivity index (χ4v) is 3.37. The van der Waals surface area contributed by atoms with Crippen LogP contribution in [0.4, 0.5) is 0 Å². The Bertz CT molecular complexity index is 594. The highest BCUT2D eigenvalue weighted by Gasteiger charge is 2.31. The lowest BCUT2D eigenvalue weighted by Crippen LogP contribution is -2.40. The SMILES string of the molecule is C[C@H](c1ccccc1)N(Cc1nccs1)C(=O)[C@H]1CCCO1. The molecule has 0 aliphatic carbocycles. The molecule has 2 heterocycles. The van der Waals surface area contributed by atoms with Gasteiger partial charge >= 0.3 is 0 Å². The maximum absolute atomic E-state index is 12.9. The molecule has 0 radical (unpaired) electrons. The van der Waals surface area contributed by atoms with Crippen LogP contribution in [0.3, 0.4) is 0 Å². The van der Waals surface area contributed by atoms with Crippen LogP contribution in [0.15, 0.2) is 41.9 Å². The molecule has 3 rings (SSSR count). The van der Waals surface area contributed by atoms with E-state index in [0.717, 1.165) is 23.4 Å². The predicted octanol–water partition coefficient (Wildman–Crippen LogP) is 3.41. The number of hydrogen-bond donors (Lipinski definition) is 0. The fourth-order valence-electron chi connectivity index (χ4n) is 2.75. The molecule has 2 aromatic rings. The van der Waals surface area contributed by atoms with E-state index in [-0.39, 0.29) is 18.1 Å². The highest BCUT2D eigenvalue weighted by Crippen LogP contribution is 2.26. The number of hydrogen-bond acceptors (Lipinski definition) is 4. The Morgan fingerprint density at radius 1 is 1.45 bits per heavy atom. The predicted molar refractivity (Wildman–Crippen MR) is 86.5 cm³/mol. The molecule has 2 atom stereocenters. The zero-order valence-corrected chi connectivity index (χ0v) is 13.5. The second-order valence-electron chi connectivity index (χ2n) is 5.48. The van der Waals surface area contributed by atoms with Crippen molar-refractivity contribution in [3.05, 3.63) is 52.5 Å². The van der Waals surface area contributed by atoms with Crippen LogP contribution in [-0.2, 0) is 16.1 Å². The summed E-state index contributed by atoms with van der Waals surface area (Å²) in [6, 6.07) is 10.1. The van der Waals surface area contributed by atoms with Crippen LogP contribution in [0.2, 0.25) is 0 Å². The van der Waals surface area contributed by atoms with Crippen molar-refractivity contribution in [2.75, 3.05) is 6.61 Å². The van der Waals surface area contributed by atoms with E-state index in [4.69, 9.17) is 4.74 Å². The van der Waals surface area contributed by atoms with E-state index in [2.05, 4.69) is 24.0 Å². The molecule has 0 spiro atoms. The summed E-state index contributed by atoms with van der Waals surface area (Å²) < 4.78 is 5.59. The molecule has 0 unspecified atom stereocenters. The Kier molecular flexibility index (Phi) is 4.85. The Morgan fingerprint density at radius 2 is 2.27 bits per heavy atom. The first kappa shape index (κ1) is 15.2. The molecule has 1 aliphatic rings. The molecule has 5 heteroatoms. The molecule has 1 aromatic carbocycles. The van der Waals surface area contributed by atoms with Gasteiger partial charge in [0.2, 0.25) is 0 Å². The van der Waals surface area contributed by atoms with Gasteiger partial charge in [0.25, 0.3) is 5.91 Å². The van der Waals surface area contributed by atoms with Crippen molar-refractivity contribution in [1.29, 1.82) is 0 Å². The van der Waals surface area contributed by atoms with Crippen molar-refractivity contribution in [1.82, 2.24) is 9.88 Å². The number of thiazole rings is 1. The summed E-state index contributed by atoms with van der Waals surface area (Å²) >= 11 is 1.58. The Hall–Kier alpha value is -1.72. The molecule has 0 saturated carbocycles. The largest absolute Gasteiger partial charge is 0.368 e. The lowest BCUT2D eigenvalue weighted by Gasteiger charge is -2.31. The third kappa shape index (κ3) is 3.36. The van der Waals surface area contributed by atoms with Crippen molar-refractivity contribution in [3.63, 3.8) is 0 Å². The van der Waals surface area contributed by atoms with Gasteiger partial charge in [-0.25, -0.2) is 4.98 Å². The van der Waals surface area contributed by atoms with Crippen LogP contribution < -0.4 is 0 Å². The highest BCUT2D eigenvalue weighted by molar-refractivity contribution is 7.09. The molecule has 22 heavy (non-hydrogen) atoms. The summed E-state index contributed by atoms with van der Waals surface area (Å²) in [7, 11) is 0. The molecule has 1 aliphatic heterocycles. The van der Waals surface area contributed by atoms with Gasteiger partial charge in [0, 0.05) is 18.2 Å². The Balaban J connectivity index is 1.83. The average molecular weight is 316 g/mol. The van der Waals surface area contributed by atoms with Crippen LogP contribution in [0, 0.1) is 0 Å². The quantitative estimate of drug-likeness (QED) is 0.849. The average Bonchev–Trinajstić information content (AvgIpc) is 3.25. The molecule has 1 saturated heterocycles. The lowest BCUT2D eigenvalue weighted by molar-refractivity contribution is -0.144.